The summed E-state index contributed by atoms with van der Waals surface area (Å²) in [5.74, 6) is 0.143. The molecule has 0 saturated heterocycles. The zero-order valence-corrected chi connectivity index (χ0v) is 12.7. The number of halogens is 2. The average molecular weight is 327 g/mol. The van der Waals surface area contributed by atoms with Gasteiger partial charge in [-0.25, -0.2) is 0 Å². The number of nitrogens with one attached hydrogen (secondary N) is 1. The molecular formula is C14H12Cl2N2OS. The number of hydrogen-bond donors (Lipinski definition) is 2. The van der Waals surface area contributed by atoms with E-state index in [0.717, 1.165) is 4.90 Å². The first-order chi connectivity index (χ1) is 9.54. The van der Waals surface area contributed by atoms with E-state index in [1.165, 1.54) is 11.8 Å². The van der Waals surface area contributed by atoms with Crippen molar-refractivity contribution in [3.63, 3.8) is 0 Å². The lowest BCUT2D eigenvalue weighted by molar-refractivity contribution is -0.113. The van der Waals surface area contributed by atoms with Gasteiger partial charge < -0.3 is 11.1 Å². The molecule has 2 aromatic carbocycles. The highest BCUT2D eigenvalue weighted by atomic mass is 35.5. The van der Waals surface area contributed by atoms with Gasteiger partial charge in [0.25, 0.3) is 0 Å². The molecule has 0 aliphatic carbocycles. The van der Waals surface area contributed by atoms with E-state index in [-0.39, 0.29) is 11.7 Å². The smallest absolute Gasteiger partial charge is 0.234 e. The van der Waals surface area contributed by atoms with Crippen LogP contribution in [0.3, 0.4) is 0 Å². The number of carbonyl (C=O) groups is 1. The van der Waals surface area contributed by atoms with E-state index in [4.69, 9.17) is 28.9 Å². The van der Waals surface area contributed by atoms with Gasteiger partial charge in [0.2, 0.25) is 5.91 Å². The van der Waals surface area contributed by atoms with Crippen LogP contribution in [0.25, 0.3) is 0 Å². The van der Waals surface area contributed by atoms with Crippen molar-refractivity contribution in [3.05, 3.63) is 52.5 Å². The van der Waals surface area contributed by atoms with Crippen molar-refractivity contribution < 1.29 is 4.79 Å². The predicted octanol–water partition coefficient (Wildman–Crippen LogP) is 4.31. The lowest BCUT2D eigenvalue weighted by atomic mass is 10.3. The molecule has 1 amide bonds. The van der Waals surface area contributed by atoms with E-state index in [1.807, 2.05) is 18.2 Å². The van der Waals surface area contributed by atoms with Crippen LogP contribution in [0.1, 0.15) is 0 Å². The second-order valence-electron chi connectivity index (χ2n) is 4.03. The number of hydrogen-bond acceptors (Lipinski definition) is 3. The number of anilines is 2. The fourth-order valence-corrected chi connectivity index (χ4v) is 2.75. The largest absolute Gasteiger partial charge is 0.399 e. The molecule has 0 saturated carbocycles. The van der Waals surface area contributed by atoms with E-state index in [1.54, 1.807) is 24.3 Å². The fraction of sp³-hybridized carbons (Fsp3) is 0.0714. The third kappa shape index (κ3) is 4.34. The van der Waals surface area contributed by atoms with Crippen LogP contribution in [0.15, 0.2) is 47.4 Å². The van der Waals surface area contributed by atoms with Gasteiger partial charge in [-0.2, -0.15) is 0 Å². The summed E-state index contributed by atoms with van der Waals surface area (Å²) in [6, 6.07) is 12.3. The second-order valence-corrected chi connectivity index (χ2v) is 5.93. The highest BCUT2D eigenvalue weighted by molar-refractivity contribution is 8.00. The van der Waals surface area contributed by atoms with Gasteiger partial charge in [0.1, 0.15) is 0 Å². The van der Waals surface area contributed by atoms with Gasteiger partial charge in [-0.1, -0.05) is 29.3 Å². The van der Waals surface area contributed by atoms with Crippen molar-refractivity contribution in [2.45, 2.75) is 4.90 Å². The summed E-state index contributed by atoms with van der Waals surface area (Å²) in [5.41, 5.74) is 6.91. The van der Waals surface area contributed by atoms with E-state index < -0.39 is 0 Å². The summed E-state index contributed by atoms with van der Waals surface area (Å²) in [6.45, 7) is 0. The number of carbonyl (C=O) groups excluding carboxylic acids is 1. The zero-order chi connectivity index (χ0) is 14.5. The third-order valence-corrected chi connectivity index (χ3v) is 3.97. The summed E-state index contributed by atoms with van der Waals surface area (Å²) in [5, 5.41) is 3.69. The molecule has 20 heavy (non-hydrogen) atoms. The Labute approximate surface area is 131 Å². The molecule has 0 aliphatic rings. The summed E-state index contributed by atoms with van der Waals surface area (Å²) < 4.78 is 0. The van der Waals surface area contributed by atoms with Crippen molar-refractivity contribution in [1.29, 1.82) is 0 Å². The molecule has 0 fully saturated rings. The molecule has 0 spiro atoms. The molecule has 0 aromatic heterocycles. The highest BCUT2D eigenvalue weighted by Crippen LogP contribution is 2.26. The van der Waals surface area contributed by atoms with Gasteiger partial charge in [-0.3, -0.25) is 4.79 Å². The Morgan fingerprint density at radius 1 is 1.20 bits per heavy atom. The summed E-state index contributed by atoms with van der Waals surface area (Å²) in [7, 11) is 0. The van der Waals surface area contributed by atoms with Crippen molar-refractivity contribution >= 4 is 52.2 Å². The molecule has 2 aromatic rings. The Kier molecular flexibility index (Phi) is 5.17. The van der Waals surface area contributed by atoms with Crippen LogP contribution in [0.5, 0.6) is 0 Å². The number of benzene rings is 2. The topological polar surface area (TPSA) is 55.1 Å². The zero-order valence-electron chi connectivity index (χ0n) is 10.4. The Morgan fingerprint density at radius 2 is 2.00 bits per heavy atom. The minimum Gasteiger partial charge on any atom is -0.399 e. The fourth-order valence-electron chi connectivity index (χ4n) is 1.53. The number of nitrogen functional groups attached to an aromatic ring is 1. The average Bonchev–Trinajstić information content (AvgIpc) is 2.40. The molecule has 0 atom stereocenters. The highest BCUT2D eigenvalue weighted by Gasteiger charge is 2.07. The maximum Gasteiger partial charge on any atom is 0.234 e. The molecule has 104 valence electrons. The van der Waals surface area contributed by atoms with Gasteiger partial charge in [-0.05, 0) is 36.4 Å². The standard InChI is InChI=1S/C14H12Cl2N2OS/c15-9-4-5-13(12(16)6-9)18-14(19)8-20-11-3-1-2-10(17)7-11/h1-7H,8,17H2,(H,18,19). The van der Waals surface area contributed by atoms with Gasteiger partial charge in [0, 0.05) is 15.6 Å². The normalized spacial score (nSPS) is 10.3. The van der Waals surface area contributed by atoms with Crippen LogP contribution >= 0.6 is 35.0 Å². The summed E-state index contributed by atoms with van der Waals surface area (Å²) in [6.07, 6.45) is 0. The van der Waals surface area contributed by atoms with Gasteiger partial charge >= 0.3 is 0 Å². The molecule has 0 radical (unpaired) electrons. The Bertz CT molecular complexity index is 634. The number of amides is 1. The first kappa shape index (κ1) is 15.0. The maximum absolute atomic E-state index is 11.9. The predicted molar refractivity (Wildman–Crippen MR) is 86.7 cm³/mol. The van der Waals surface area contributed by atoms with Crippen molar-refractivity contribution in [3.8, 4) is 0 Å². The van der Waals surface area contributed by atoms with Crippen LogP contribution in [-0.2, 0) is 4.79 Å². The number of nitrogens with two attached hydrogens (primary N) is 1. The lowest BCUT2D eigenvalue weighted by Gasteiger charge is -2.07. The van der Waals surface area contributed by atoms with Gasteiger partial charge in [0.15, 0.2) is 0 Å². The maximum atomic E-state index is 11.9. The lowest BCUT2D eigenvalue weighted by Crippen LogP contribution is -2.14. The molecule has 3 N–H and O–H groups in total. The van der Waals surface area contributed by atoms with E-state index in [2.05, 4.69) is 5.32 Å². The number of rotatable bonds is 4. The monoisotopic (exact) mass is 326 g/mol. The van der Waals surface area contributed by atoms with E-state index in [9.17, 15) is 4.79 Å². The van der Waals surface area contributed by atoms with Crippen LogP contribution in [0.2, 0.25) is 10.0 Å². The first-order valence-corrected chi connectivity index (χ1v) is 7.52. The Hall–Kier alpha value is -1.36. The Balaban J connectivity index is 1.92. The molecule has 0 unspecified atom stereocenters. The molecule has 0 bridgehead atoms. The molecule has 2 rings (SSSR count). The summed E-state index contributed by atoms with van der Waals surface area (Å²) in [4.78, 5) is 12.8. The van der Waals surface area contributed by atoms with Crippen molar-refractivity contribution in [2.75, 3.05) is 16.8 Å². The second kappa shape index (κ2) is 6.88. The van der Waals surface area contributed by atoms with Crippen LogP contribution in [0.4, 0.5) is 11.4 Å². The number of thioether (sulfide) groups is 1. The third-order valence-electron chi connectivity index (χ3n) is 2.43. The van der Waals surface area contributed by atoms with Crippen LogP contribution in [-0.4, -0.2) is 11.7 Å². The SMILES string of the molecule is Nc1cccc(SCC(=O)Nc2ccc(Cl)cc2Cl)c1. The molecular weight excluding hydrogens is 315 g/mol. The summed E-state index contributed by atoms with van der Waals surface area (Å²) >= 11 is 13.2. The minimum atomic E-state index is -0.137. The minimum absolute atomic E-state index is 0.137. The van der Waals surface area contributed by atoms with Crippen molar-refractivity contribution in [1.82, 2.24) is 0 Å². The molecule has 0 aliphatic heterocycles. The van der Waals surface area contributed by atoms with Gasteiger partial charge in [-0.15, -0.1) is 11.8 Å². The van der Waals surface area contributed by atoms with E-state index in [0.29, 0.717) is 21.4 Å². The van der Waals surface area contributed by atoms with Gasteiger partial charge in [0.05, 0.1) is 16.5 Å². The molecule has 3 nitrogen and oxygen atoms in total. The van der Waals surface area contributed by atoms with Crippen LogP contribution < -0.4 is 11.1 Å². The van der Waals surface area contributed by atoms with Crippen molar-refractivity contribution in [2.24, 2.45) is 0 Å². The van der Waals surface area contributed by atoms with Crippen LogP contribution in [0, 0.1) is 0 Å². The first-order valence-electron chi connectivity index (χ1n) is 5.78. The Morgan fingerprint density at radius 3 is 2.70 bits per heavy atom. The van der Waals surface area contributed by atoms with E-state index >= 15 is 0 Å². The molecule has 0 heterocycles. The molecule has 6 heteroatoms. The quantitative estimate of drug-likeness (QED) is 0.650.